The van der Waals surface area contributed by atoms with Crippen molar-refractivity contribution in [2.75, 3.05) is 31.1 Å². The highest BCUT2D eigenvalue weighted by Crippen LogP contribution is 2.16. The number of halogens is 1. The number of amides is 1. The van der Waals surface area contributed by atoms with Crippen LogP contribution in [0.25, 0.3) is 0 Å². The largest absolute Gasteiger partial charge is 0.356 e. The third-order valence-electron chi connectivity index (χ3n) is 4.16. The number of aliphatic imine (C=N–C) groups is 1. The molecule has 8 heteroatoms. The predicted octanol–water partition coefficient (Wildman–Crippen LogP) is 1.89. The SMILES string of the molecule is CCNC(=NCc1cccc(Cl)c1)N1CCN(c2cnn(C)c2)C(=O)C1. The smallest absolute Gasteiger partial charge is 0.246 e. The second-order valence-electron chi connectivity index (χ2n) is 6.14. The minimum absolute atomic E-state index is 0.0395. The lowest BCUT2D eigenvalue weighted by atomic mass is 10.2. The summed E-state index contributed by atoms with van der Waals surface area (Å²) in [6.45, 7) is 4.87. The number of guanidine groups is 1. The molecule has 138 valence electrons. The van der Waals surface area contributed by atoms with Crippen LogP contribution >= 0.6 is 11.6 Å². The highest BCUT2D eigenvalue weighted by atomic mass is 35.5. The molecule has 0 saturated carbocycles. The van der Waals surface area contributed by atoms with Crippen molar-refractivity contribution in [3.63, 3.8) is 0 Å². The highest BCUT2D eigenvalue weighted by Gasteiger charge is 2.27. The van der Waals surface area contributed by atoms with Crippen molar-refractivity contribution in [1.82, 2.24) is 20.0 Å². The number of carbonyl (C=O) groups excluding carboxylic acids is 1. The van der Waals surface area contributed by atoms with Crippen LogP contribution in [0.5, 0.6) is 0 Å². The first-order valence-corrected chi connectivity index (χ1v) is 9.01. The molecule has 0 atom stereocenters. The van der Waals surface area contributed by atoms with E-state index < -0.39 is 0 Å². The lowest BCUT2D eigenvalue weighted by molar-refractivity contribution is -0.120. The van der Waals surface area contributed by atoms with Crippen molar-refractivity contribution in [3.05, 3.63) is 47.2 Å². The van der Waals surface area contributed by atoms with Gasteiger partial charge in [0.1, 0.15) is 6.54 Å². The van der Waals surface area contributed by atoms with Gasteiger partial charge in [-0.2, -0.15) is 5.10 Å². The number of benzene rings is 1. The van der Waals surface area contributed by atoms with Crippen molar-refractivity contribution in [1.29, 1.82) is 0 Å². The van der Waals surface area contributed by atoms with Crippen LogP contribution in [0, 0.1) is 0 Å². The van der Waals surface area contributed by atoms with E-state index >= 15 is 0 Å². The molecule has 0 unspecified atom stereocenters. The number of nitrogens with zero attached hydrogens (tertiary/aromatic N) is 5. The summed E-state index contributed by atoms with van der Waals surface area (Å²) in [6.07, 6.45) is 3.57. The molecule has 1 aromatic carbocycles. The first kappa shape index (κ1) is 18.3. The van der Waals surface area contributed by atoms with Gasteiger partial charge in [-0.05, 0) is 24.6 Å². The van der Waals surface area contributed by atoms with E-state index in [1.165, 1.54) is 0 Å². The first-order valence-electron chi connectivity index (χ1n) is 8.63. The van der Waals surface area contributed by atoms with E-state index in [2.05, 4.69) is 15.4 Å². The number of aryl methyl sites for hydroxylation is 1. The fourth-order valence-corrected chi connectivity index (χ4v) is 3.11. The van der Waals surface area contributed by atoms with Gasteiger partial charge < -0.3 is 15.1 Å². The molecule has 0 bridgehead atoms. The predicted molar refractivity (Wildman–Crippen MR) is 103 cm³/mol. The van der Waals surface area contributed by atoms with Gasteiger partial charge in [0.2, 0.25) is 5.91 Å². The monoisotopic (exact) mass is 374 g/mol. The van der Waals surface area contributed by atoms with Crippen molar-refractivity contribution in [3.8, 4) is 0 Å². The molecule has 0 aliphatic carbocycles. The van der Waals surface area contributed by atoms with Gasteiger partial charge >= 0.3 is 0 Å². The molecule has 1 saturated heterocycles. The number of anilines is 1. The van der Waals surface area contributed by atoms with Gasteiger partial charge in [-0.3, -0.25) is 9.48 Å². The van der Waals surface area contributed by atoms with E-state index in [1.807, 2.05) is 49.3 Å². The van der Waals surface area contributed by atoms with E-state index in [0.717, 1.165) is 23.8 Å². The molecule has 3 rings (SSSR count). The summed E-state index contributed by atoms with van der Waals surface area (Å²) in [5.74, 6) is 0.782. The maximum atomic E-state index is 12.6. The Morgan fingerprint density at radius 1 is 1.38 bits per heavy atom. The fourth-order valence-electron chi connectivity index (χ4n) is 2.90. The lowest BCUT2D eigenvalue weighted by Crippen LogP contribution is -2.55. The third-order valence-corrected chi connectivity index (χ3v) is 4.39. The molecule has 1 aromatic heterocycles. The van der Waals surface area contributed by atoms with Crippen molar-refractivity contribution in [2.24, 2.45) is 12.0 Å². The maximum Gasteiger partial charge on any atom is 0.246 e. The zero-order valence-corrected chi connectivity index (χ0v) is 15.8. The van der Waals surface area contributed by atoms with Gasteiger partial charge in [-0.15, -0.1) is 0 Å². The minimum Gasteiger partial charge on any atom is -0.356 e. The number of carbonyl (C=O) groups is 1. The van der Waals surface area contributed by atoms with Crippen LogP contribution in [0.2, 0.25) is 5.02 Å². The van der Waals surface area contributed by atoms with Crippen molar-refractivity contribution < 1.29 is 4.79 Å². The Morgan fingerprint density at radius 2 is 2.23 bits per heavy atom. The van der Waals surface area contributed by atoms with E-state index in [4.69, 9.17) is 11.6 Å². The molecule has 1 fully saturated rings. The van der Waals surface area contributed by atoms with Crippen LogP contribution < -0.4 is 10.2 Å². The molecule has 2 aromatic rings. The first-order chi connectivity index (χ1) is 12.6. The Labute approximate surface area is 158 Å². The Kier molecular flexibility index (Phi) is 5.78. The summed E-state index contributed by atoms with van der Waals surface area (Å²) in [7, 11) is 1.84. The zero-order valence-electron chi connectivity index (χ0n) is 15.0. The van der Waals surface area contributed by atoms with E-state index in [-0.39, 0.29) is 12.5 Å². The molecule has 7 nitrogen and oxygen atoms in total. The van der Waals surface area contributed by atoms with Gasteiger partial charge in [0.05, 0.1) is 18.4 Å². The van der Waals surface area contributed by atoms with Crippen LogP contribution in [-0.2, 0) is 18.4 Å². The fraction of sp³-hybridized carbons (Fsp3) is 0.389. The Balaban J connectivity index is 1.69. The summed E-state index contributed by atoms with van der Waals surface area (Å²) >= 11 is 6.03. The van der Waals surface area contributed by atoms with Gasteiger partial charge in [-0.25, -0.2) is 4.99 Å². The normalized spacial score (nSPS) is 15.5. The summed E-state index contributed by atoms with van der Waals surface area (Å²) in [6, 6.07) is 7.65. The second-order valence-corrected chi connectivity index (χ2v) is 6.58. The Bertz CT molecular complexity index is 802. The molecule has 26 heavy (non-hydrogen) atoms. The van der Waals surface area contributed by atoms with Crippen LogP contribution in [0.3, 0.4) is 0 Å². The number of hydrogen-bond acceptors (Lipinski definition) is 3. The topological polar surface area (TPSA) is 65.8 Å². The summed E-state index contributed by atoms with van der Waals surface area (Å²) in [5, 5.41) is 8.11. The molecule has 0 radical (unpaired) electrons. The second kappa shape index (κ2) is 8.23. The quantitative estimate of drug-likeness (QED) is 0.655. The summed E-state index contributed by atoms with van der Waals surface area (Å²) in [4.78, 5) is 21.0. The van der Waals surface area contributed by atoms with Gasteiger partial charge in [0.25, 0.3) is 0 Å². The maximum absolute atomic E-state index is 12.6. The van der Waals surface area contributed by atoms with Gasteiger partial charge in [0.15, 0.2) is 5.96 Å². The number of aromatic nitrogens is 2. The van der Waals surface area contributed by atoms with Crippen molar-refractivity contribution in [2.45, 2.75) is 13.5 Å². The molecular weight excluding hydrogens is 352 g/mol. The number of hydrogen-bond donors (Lipinski definition) is 1. The van der Waals surface area contributed by atoms with Crippen LogP contribution in [0.15, 0.2) is 41.7 Å². The van der Waals surface area contributed by atoms with Crippen LogP contribution in [0.1, 0.15) is 12.5 Å². The Morgan fingerprint density at radius 3 is 2.88 bits per heavy atom. The molecule has 1 aliphatic heterocycles. The molecule has 2 heterocycles. The minimum atomic E-state index is 0.0395. The molecule has 1 aliphatic rings. The standard InChI is InChI=1S/C18H23ClN6O/c1-3-20-18(21-10-14-5-4-6-15(19)9-14)24-7-8-25(17(26)13-24)16-11-22-23(2)12-16/h4-6,9,11-12H,3,7-8,10,13H2,1-2H3,(H,20,21). The van der Waals surface area contributed by atoms with Crippen LogP contribution in [-0.4, -0.2) is 52.7 Å². The van der Waals surface area contributed by atoms with E-state index in [1.54, 1.807) is 15.8 Å². The van der Waals surface area contributed by atoms with E-state index in [0.29, 0.717) is 24.7 Å². The lowest BCUT2D eigenvalue weighted by Gasteiger charge is -2.35. The molecule has 1 amide bonds. The summed E-state index contributed by atoms with van der Waals surface area (Å²) < 4.78 is 1.70. The molecule has 0 spiro atoms. The number of nitrogens with one attached hydrogen (secondary N) is 1. The average molecular weight is 375 g/mol. The number of piperazine rings is 1. The molecule has 1 N–H and O–H groups in total. The van der Waals surface area contributed by atoms with Gasteiger partial charge in [0, 0.05) is 37.9 Å². The third kappa shape index (κ3) is 4.35. The van der Waals surface area contributed by atoms with Gasteiger partial charge in [-0.1, -0.05) is 23.7 Å². The van der Waals surface area contributed by atoms with Crippen LogP contribution in [0.4, 0.5) is 5.69 Å². The highest BCUT2D eigenvalue weighted by molar-refractivity contribution is 6.30. The zero-order chi connectivity index (χ0) is 18.5. The summed E-state index contributed by atoms with van der Waals surface area (Å²) in [5.41, 5.74) is 1.87. The van der Waals surface area contributed by atoms with E-state index in [9.17, 15) is 4.79 Å². The number of rotatable bonds is 4. The molecular formula is C18H23ClN6O. The average Bonchev–Trinajstić information content (AvgIpc) is 3.04. The van der Waals surface area contributed by atoms with Crippen molar-refractivity contribution >= 4 is 29.2 Å². The Hall–Kier alpha value is -2.54.